The lowest BCUT2D eigenvalue weighted by molar-refractivity contribution is 0.159. The normalized spacial score (nSPS) is 12.3. The van der Waals surface area contributed by atoms with E-state index in [1.165, 1.54) is 22.3 Å². The van der Waals surface area contributed by atoms with Gasteiger partial charge in [0.15, 0.2) is 0 Å². The fraction of sp³-hybridized carbons (Fsp3) is 0.286. The van der Waals surface area contributed by atoms with Crippen molar-refractivity contribution >= 4 is 0 Å². The van der Waals surface area contributed by atoms with Crippen molar-refractivity contribution < 1.29 is 5.11 Å². The van der Waals surface area contributed by atoms with Crippen LogP contribution in [-0.4, -0.2) is 15.1 Å². The number of aliphatic hydroxyl groups excluding tert-OH is 1. The van der Waals surface area contributed by atoms with Gasteiger partial charge in [0, 0.05) is 18.3 Å². The van der Waals surface area contributed by atoms with Gasteiger partial charge >= 0.3 is 0 Å². The predicted octanol–water partition coefficient (Wildman–Crippen LogP) is 4.28. The molecule has 0 fully saturated rings. The van der Waals surface area contributed by atoms with Crippen LogP contribution in [0.5, 0.6) is 0 Å². The van der Waals surface area contributed by atoms with E-state index in [9.17, 15) is 5.11 Å². The minimum absolute atomic E-state index is 0.562. The Morgan fingerprint density at radius 1 is 1.00 bits per heavy atom. The first kappa shape index (κ1) is 16.5. The molecule has 24 heavy (non-hydrogen) atoms. The van der Waals surface area contributed by atoms with Gasteiger partial charge in [-0.25, -0.2) is 4.98 Å². The molecular formula is C21H24N2O. The van der Waals surface area contributed by atoms with Crippen LogP contribution in [0.4, 0.5) is 0 Å². The Morgan fingerprint density at radius 2 is 1.71 bits per heavy atom. The second kappa shape index (κ2) is 7.45. The van der Waals surface area contributed by atoms with Crippen LogP contribution in [0.15, 0.2) is 54.7 Å². The minimum atomic E-state index is -0.562. The van der Waals surface area contributed by atoms with Crippen LogP contribution in [0.2, 0.25) is 0 Å². The number of imidazole rings is 1. The topological polar surface area (TPSA) is 48.9 Å². The Hall–Kier alpha value is -2.39. The first-order valence-corrected chi connectivity index (χ1v) is 8.44. The standard InChI is InChI=1S/C21H24N2O/c1-15-7-6-8-16(2)19(15)11-12-20(24)21-22-14-18(23-21)13-17-9-4-3-5-10-17/h3-10,14,20,24H,11-13H2,1-2H3,(H,22,23). The monoisotopic (exact) mass is 320 g/mol. The van der Waals surface area contributed by atoms with E-state index in [4.69, 9.17) is 0 Å². The molecule has 3 rings (SSSR count). The third-order valence-corrected chi connectivity index (χ3v) is 4.51. The molecule has 0 bridgehead atoms. The molecule has 3 nitrogen and oxygen atoms in total. The van der Waals surface area contributed by atoms with Crippen LogP contribution in [0.1, 0.15) is 46.3 Å². The van der Waals surface area contributed by atoms with Crippen LogP contribution in [0.25, 0.3) is 0 Å². The maximum absolute atomic E-state index is 10.4. The lowest BCUT2D eigenvalue weighted by atomic mass is 9.97. The summed E-state index contributed by atoms with van der Waals surface area (Å²) in [5.41, 5.74) is 6.16. The molecule has 0 amide bonds. The first-order valence-electron chi connectivity index (χ1n) is 8.44. The molecule has 0 saturated heterocycles. The number of hydrogen-bond donors (Lipinski definition) is 2. The highest BCUT2D eigenvalue weighted by Gasteiger charge is 2.13. The van der Waals surface area contributed by atoms with Gasteiger partial charge in [0.25, 0.3) is 0 Å². The van der Waals surface area contributed by atoms with Crippen molar-refractivity contribution in [3.05, 3.63) is 88.5 Å². The van der Waals surface area contributed by atoms with Gasteiger partial charge in [0.2, 0.25) is 0 Å². The molecule has 3 aromatic rings. The summed E-state index contributed by atoms with van der Waals surface area (Å²) in [7, 11) is 0. The number of aromatic nitrogens is 2. The van der Waals surface area contributed by atoms with Gasteiger partial charge in [-0.2, -0.15) is 0 Å². The molecule has 3 heteroatoms. The molecule has 1 atom stereocenters. The maximum Gasteiger partial charge on any atom is 0.135 e. The SMILES string of the molecule is Cc1cccc(C)c1CCC(O)c1ncc(Cc2ccccc2)[nH]1. The Balaban J connectivity index is 1.62. The van der Waals surface area contributed by atoms with Gasteiger partial charge in [0.05, 0.1) is 0 Å². The van der Waals surface area contributed by atoms with Crippen molar-refractivity contribution in [3.63, 3.8) is 0 Å². The molecule has 0 aliphatic heterocycles. The van der Waals surface area contributed by atoms with Gasteiger partial charge in [-0.15, -0.1) is 0 Å². The van der Waals surface area contributed by atoms with Crippen LogP contribution in [0, 0.1) is 13.8 Å². The highest BCUT2D eigenvalue weighted by Crippen LogP contribution is 2.21. The van der Waals surface area contributed by atoms with E-state index < -0.39 is 6.10 Å². The van der Waals surface area contributed by atoms with E-state index in [1.807, 2.05) is 24.4 Å². The van der Waals surface area contributed by atoms with Crippen molar-refractivity contribution in [2.45, 2.75) is 39.2 Å². The van der Waals surface area contributed by atoms with Crippen molar-refractivity contribution in [1.82, 2.24) is 9.97 Å². The second-order valence-electron chi connectivity index (χ2n) is 6.38. The summed E-state index contributed by atoms with van der Waals surface area (Å²) in [6, 6.07) is 16.6. The number of aliphatic hydroxyl groups is 1. The van der Waals surface area contributed by atoms with Gasteiger partial charge in [-0.05, 0) is 48.9 Å². The van der Waals surface area contributed by atoms with E-state index >= 15 is 0 Å². The largest absolute Gasteiger partial charge is 0.385 e. The number of rotatable bonds is 6. The summed E-state index contributed by atoms with van der Waals surface area (Å²) in [6.45, 7) is 4.25. The quantitative estimate of drug-likeness (QED) is 0.712. The van der Waals surface area contributed by atoms with E-state index in [-0.39, 0.29) is 0 Å². The molecule has 0 aliphatic carbocycles. The summed E-state index contributed by atoms with van der Waals surface area (Å²) in [5, 5.41) is 10.4. The summed E-state index contributed by atoms with van der Waals surface area (Å²) in [6.07, 6.45) is 3.59. The molecule has 2 N–H and O–H groups in total. The number of hydrogen-bond acceptors (Lipinski definition) is 2. The van der Waals surface area contributed by atoms with E-state index in [1.54, 1.807) is 0 Å². The van der Waals surface area contributed by atoms with Gasteiger partial charge in [-0.1, -0.05) is 48.5 Å². The Kier molecular flexibility index (Phi) is 5.11. The number of nitrogens with zero attached hydrogens (tertiary/aromatic N) is 1. The zero-order chi connectivity index (χ0) is 16.9. The van der Waals surface area contributed by atoms with Crippen LogP contribution >= 0.6 is 0 Å². The van der Waals surface area contributed by atoms with E-state index in [0.29, 0.717) is 12.2 Å². The zero-order valence-corrected chi connectivity index (χ0v) is 14.3. The summed E-state index contributed by atoms with van der Waals surface area (Å²) >= 11 is 0. The fourth-order valence-electron chi connectivity index (χ4n) is 3.11. The Morgan fingerprint density at radius 3 is 2.42 bits per heavy atom. The molecule has 0 radical (unpaired) electrons. The molecule has 0 spiro atoms. The molecule has 1 heterocycles. The van der Waals surface area contributed by atoms with E-state index in [2.05, 4.69) is 54.1 Å². The number of aryl methyl sites for hydroxylation is 2. The summed E-state index contributed by atoms with van der Waals surface area (Å²) in [4.78, 5) is 7.63. The van der Waals surface area contributed by atoms with Crippen molar-refractivity contribution in [2.24, 2.45) is 0 Å². The van der Waals surface area contributed by atoms with Crippen LogP contribution in [-0.2, 0) is 12.8 Å². The maximum atomic E-state index is 10.4. The number of H-pyrrole nitrogens is 1. The molecule has 124 valence electrons. The van der Waals surface area contributed by atoms with Crippen LogP contribution in [0.3, 0.4) is 0 Å². The van der Waals surface area contributed by atoms with Crippen LogP contribution < -0.4 is 0 Å². The predicted molar refractivity (Wildman–Crippen MR) is 97.0 cm³/mol. The zero-order valence-electron chi connectivity index (χ0n) is 14.3. The Labute approximate surface area is 143 Å². The third-order valence-electron chi connectivity index (χ3n) is 4.51. The minimum Gasteiger partial charge on any atom is -0.385 e. The lowest BCUT2D eigenvalue weighted by Gasteiger charge is -2.12. The second-order valence-corrected chi connectivity index (χ2v) is 6.38. The van der Waals surface area contributed by atoms with Crippen molar-refractivity contribution in [3.8, 4) is 0 Å². The third kappa shape index (κ3) is 3.92. The average Bonchev–Trinajstić information content (AvgIpc) is 3.04. The summed E-state index contributed by atoms with van der Waals surface area (Å²) < 4.78 is 0. The molecule has 0 aliphatic rings. The molecule has 2 aromatic carbocycles. The highest BCUT2D eigenvalue weighted by molar-refractivity contribution is 5.33. The smallest absolute Gasteiger partial charge is 0.135 e. The molecule has 0 saturated carbocycles. The van der Waals surface area contributed by atoms with Crippen molar-refractivity contribution in [2.75, 3.05) is 0 Å². The Bertz CT molecular complexity index is 772. The van der Waals surface area contributed by atoms with Gasteiger partial charge in [-0.3, -0.25) is 0 Å². The fourth-order valence-corrected chi connectivity index (χ4v) is 3.11. The van der Waals surface area contributed by atoms with E-state index in [0.717, 1.165) is 18.5 Å². The number of benzene rings is 2. The molecule has 1 unspecified atom stereocenters. The highest BCUT2D eigenvalue weighted by atomic mass is 16.3. The van der Waals surface area contributed by atoms with Gasteiger partial charge < -0.3 is 10.1 Å². The summed E-state index contributed by atoms with van der Waals surface area (Å²) in [5.74, 6) is 0.659. The lowest BCUT2D eigenvalue weighted by Crippen LogP contribution is -2.04. The number of aromatic amines is 1. The number of nitrogens with one attached hydrogen (secondary N) is 1. The molecule has 1 aromatic heterocycles. The van der Waals surface area contributed by atoms with Crippen molar-refractivity contribution in [1.29, 1.82) is 0 Å². The molecular weight excluding hydrogens is 296 g/mol. The van der Waals surface area contributed by atoms with Gasteiger partial charge in [0.1, 0.15) is 11.9 Å². The first-order chi connectivity index (χ1) is 11.6. The average molecular weight is 320 g/mol.